The van der Waals surface area contributed by atoms with Crippen molar-refractivity contribution in [3.05, 3.63) is 28.1 Å². The zero-order chi connectivity index (χ0) is 15.7. The zero-order valence-electron chi connectivity index (χ0n) is 11.9. The van der Waals surface area contributed by atoms with Crippen LogP contribution in [-0.2, 0) is 4.79 Å². The molecule has 8 heteroatoms. The van der Waals surface area contributed by atoms with E-state index >= 15 is 0 Å². The lowest BCUT2D eigenvalue weighted by atomic mass is 10.1. The van der Waals surface area contributed by atoms with Gasteiger partial charge in [0, 0.05) is 25.7 Å². The number of rotatable bonds is 6. The first-order chi connectivity index (χ1) is 9.81. The third-order valence-corrected chi connectivity index (χ3v) is 3.52. The first-order valence-electron chi connectivity index (χ1n) is 6.65. The Morgan fingerprint density at radius 2 is 2.19 bits per heavy atom. The molecular weight excluding hydrogens is 278 g/mol. The van der Waals surface area contributed by atoms with Crippen molar-refractivity contribution in [1.29, 1.82) is 0 Å². The Morgan fingerprint density at radius 3 is 2.67 bits per heavy atom. The number of carbonyl (C=O) groups is 2. The fourth-order valence-electron chi connectivity index (χ4n) is 2.16. The quantitative estimate of drug-likeness (QED) is 0.632. The van der Waals surface area contributed by atoms with Crippen LogP contribution in [0.15, 0.2) is 12.3 Å². The molecule has 1 amide bonds. The van der Waals surface area contributed by atoms with Crippen LogP contribution in [0.5, 0.6) is 0 Å². The fraction of sp³-hybridized carbons (Fsp3) is 0.538. The molecule has 1 fully saturated rings. The normalized spacial score (nSPS) is 15.5. The molecule has 1 unspecified atom stereocenters. The minimum Gasteiger partial charge on any atom is -0.481 e. The van der Waals surface area contributed by atoms with Crippen LogP contribution >= 0.6 is 0 Å². The molecule has 114 valence electrons. The molecular formula is C13H17N3O5. The van der Waals surface area contributed by atoms with Crippen LogP contribution < -0.4 is 0 Å². The standard InChI is InChI=1S/C13H17N3O5/c1-8(13(18)19)6-14(2)12(17)11-5-10(16(20)21)7-15(11)9-3-4-9/h5,7-9H,3-4,6H2,1-2H3,(H,18,19). The molecule has 1 N–H and O–H groups in total. The summed E-state index contributed by atoms with van der Waals surface area (Å²) in [6.45, 7) is 1.56. The van der Waals surface area contributed by atoms with Crippen molar-refractivity contribution in [3.8, 4) is 0 Å². The molecule has 0 aromatic carbocycles. The molecule has 0 aliphatic heterocycles. The van der Waals surface area contributed by atoms with Crippen molar-refractivity contribution in [2.45, 2.75) is 25.8 Å². The van der Waals surface area contributed by atoms with E-state index in [0.29, 0.717) is 0 Å². The van der Waals surface area contributed by atoms with E-state index in [9.17, 15) is 19.7 Å². The summed E-state index contributed by atoms with van der Waals surface area (Å²) in [6.07, 6.45) is 3.15. The predicted octanol–water partition coefficient (Wildman–Crippen LogP) is 1.52. The lowest BCUT2D eigenvalue weighted by Gasteiger charge is -2.20. The van der Waals surface area contributed by atoms with Crippen molar-refractivity contribution in [2.24, 2.45) is 5.92 Å². The Bertz CT molecular complexity index is 591. The lowest BCUT2D eigenvalue weighted by Crippen LogP contribution is -2.34. The lowest BCUT2D eigenvalue weighted by molar-refractivity contribution is -0.384. The summed E-state index contributed by atoms with van der Waals surface area (Å²) in [5.74, 6) is -2.08. The van der Waals surface area contributed by atoms with Gasteiger partial charge in [-0.15, -0.1) is 0 Å². The molecule has 1 aliphatic rings. The van der Waals surface area contributed by atoms with Gasteiger partial charge in [0.2, 0.25) is 0 Å². The molecule has 0 saturated heterocycles. The SMILES string of the molecule is CC(CN(C)C(=O)c1cc([N+](=O)[O-])cn1C1CC1)C(=O)O. The highest BCUT2D eigenvalue weighted by Gasteiger charge is 2.31. The minimum absolute atomic E-state index is 0.0534. The number of nitro groups is 1. The van der Waals surface area contributed by atoms with Gasteiger partial charge in [-0.05, 0) is 12.8 Å². The summed E-state index contributed by atoms with van der Waals surface area (Å²) in [7, 11) is 1.50. The maximum Gasteiger partial charge on any atom is 0.308 e. The molecule has 1 saturated carbocycles. The van der Waals surface area contributed by atoms with E-state index in [-0.39, 0.29) is 24.0 Å². The van der Waals surface area contributed by atoms with Gasteiger partial charge in [-0.3, -0.25) is 19.7 Å². The molecule has 1 aliphatic carbocycles. The van der Waals surface area contributed by atoms with E-state index in [2.05, 4.69) is 0 Å². The van der Waals surface area contributed by atoms with E-state index in [1.54, 1.807) is 4.57 Å². The molecule has 1 aromatic heterocycles. The molecule has 8 nitrogen and oxygen atoms in total. The number of hydrogen-bond donors (Lipinski definition) is 1. The number of carboxylic acids is 1. The Morgan fingerprint density at radius 1 is 1.57 bits per heavy atom. The van der Waals surface area contributed by atoms with E-state index in [0.717, 1.165) is 12.8 Å². The number of aromatic nitrogens is 1. The van der Waals surface area contributed by atoms with Crippen LogP contribution in [0.3, 0.4) is 0 Å². The van der Waals surface area contributed by atoms with Gasteiger partial charge in [-0.1, -0.05) is 6.92 Å². The first kappa shape index (κ1) is 15.0. The fourth-order valence-corrected chi connectivity index (χ4v) is 2.16. The maximum atomic E-state index is 12.4. The van der Waals surface area contributed by atoms with Gasteiger partial charge in [0.15, 0.2) is 0 Å². The van der Waals surface area contributed by atoms with Gasteiger partial charge in [0.1, 0.15) is 5.69 Å². The Hall–Kier alpha value is -2.38. The van der Waals surface area contributed by atoms with Crippen molar-refractivity contribution < 1.29 is 19.6 Å². The van der Waals surface area contributed by atoms with Gasteiger partial charge in [0.05, 0.1) is 17.0 Å². The third-order valence-electron chi connectivity index (χ3n) is 3.52. The third kappa shape index (κ3) is 3.21. The summed E-state index contributed by atoms with van der Waals surface area (Å²) in [5, 5.41) is 19.7. The Balaban J connectivity index is 2.21. The molecule has 2 rings (SSSR count). The van der Waals surface area contributed by atoms with Crippen LogP contribution in [0.4, 0.5) is 5.69 Å². The molecule has 0 spiro atoms. The van der Waals surface area contributed by atoms with E-state index in [1.165, 1.54) is 31.1 Å². The summed E-state index contributed by atoms with van der Waals surface area (Å²) < 4.78 is 1.63. The summed E-state index contributed by atoms with van der Waals surface area (Å²) in [4.78, 5) is 34.8. The minimum atomic E-state index is -0.988. The number of carbonyl (C=O) groups excluding carboxylic acids is 1. The number of aliphatic carboxylic acids is 1. The molecule has 1 aromatic rings. The van der Waals surface area contributed by atoms with E-state index in [4.69, 9.17) is 5.11 Å². The average Bonchev–Trinajstić information content (AvgIpc) is 3.16. The predicted molar refractivity (Wildman–Crippen MR) is 73.1 cm³/mol. The highest BCUT2D eigenvalue weighted by Crippen LogP contribution is 2.38. The van der Waals surface area contributed by atoms with Crippen molar-refractivity contribution in [2.75, 3.05) is 13.6 Å². The number of nitrogens with zero attached hydrogens (tertiary/aromatic N) is 3. The second kappa shape index (κ2) is 5.55. The Kier molecular flexibility index (Phi) is 3.97. The van der Waals surface area contributed by atoms with Crippen molar-refractivity contribution >= 4 is 17.6 Å². The van der Waals surface area contributed by atoms with E-state index in [1.807, 2.05) is 0 Å². The highest BCUT2D eigenvalue weighted by molar-refractivity contribution is 5.93. The molecule has 21 heavy (non-hydrogen) atoms. The molecule has 0 radical (unpaired) electrons. The van der Waals surface area contributed by atoms with Crippen LogP contribution in [0.2, 0.25) is 0 Å². The summed E-state index contributed by atoms with van der Waals surface area (Å²) >= 11 is 0. The maximum absolute atomic E-state index is 12.4. The van der Waals surface area contributed by atoms with Crippen molar-refractivity contribution in [1.82, 2.24) is 9.47 Å². The first-order valence-corrected chi connectivity index (χ1v) is 6.65. The van der Waals surface area contributed by atoms with Crippen molar-refractivity contribution in [3.63, 3.8) is 0 Å². The van der Waals surface area contributed by atoms with Gasteiger partial charge in [-0.25, -0.2) is 0 Å². The summed E-state index contributed by atoms with van der Waals surface area (Å²) in [5.41, 5.74) is 0.120. The van der Waals surface area contributed by atoms with Gasteiger partial charge in [0.25, 0.3) is 11.6 Å². The molecule has 0 bridgehead atoms. The smallest absolute Gasteiger partial charge is 0.308 e. The zero-order valence-corrected chi connectivity index (χ0v) is 11.9. The second-order valence-corrected chi connectivity index (χ2v) is 5.40. The van der Waals surface area contributed by atoms with Crippen LogP contribution in [-0.4, -0.2) is 45.0 Å². The Labute approximate surface area is 121 Å². The van der Waals surface area contributed by atoms with Gasteiger partial charge in [-0.2, -0.15) is 0 Å². The van der Waals surface area contributed by atoms with Crippen LogP contribution in [0, 0.1) is 16.0 Å². The summed E-state index contributed by atoms with van der Waals surface area (Å²) in [6, 6.07) is 1.38. The van der Waals surface area contributed by atoms with Gasteiger partial charge >= 0.3 is 5.97 Å². The van der Waals surface area contributed by atoms with E-state index < -0.39 is 22.7 Å². The number of hydrogen-bond acceptors (Lipinski definition) is 4. The number of carboxylic acid groups (broad SMARTS) is 1. The largest absolute Gasteiger partial charge is 0.481 e. The second-order valence-electron chi connectivity index (χ2n) is 5.40. The topological polar surface area (TPSA) is 106 Å². The van der Waals surface area contributed by atoms with Crippen LogP contribution in [0.25, 0.3) is 0 Å². The number of amides is 1. The highest BCUT2D eigenvalue weighted by atomic mass is 16.6. The molecule has 1 atom stereocenters. The molecule has 1 heterocycles. The monoisotopic (exact) mass is 295 g/mol. The average molecular weight is 295 g/mol. The van der Waals surface area contributed by atoms with Gasteiger partial charge < -0.3 is 14.6 Å². The van der Waals surface area contributed by atoms with Crippen LogP contribution in [0.1, 0.15) is 36.3 Å².